The van der Waals surface area contributed by atoms with E-state index in [1.807, 2.05) is 0 Å². The van der Waals surface area contributed by atoms with E-state index in [0.29, 0.717) is 12.3 Å². The molecule has 1 aromatic heterocycles. The van der Waals surface area contributed by atoms with Crippen LogP contribution in [0.5, 0.6) is 0 Å². The van der Waals surface area contributed by atoms with Crippen LogP contribution in [0.1, 0.15) is 60.4 Å². The van der Waals surface area contributed by atoms with Gasteiger partial charge in [-0.05, 0) is 43.6 Å². The number of hydrogen-bond donors (Lipinski definition) is 2. The van der Waals surface area contributed by atoms with E-state index in [9.17, 15) is 9.59 Å². The van der Waals surface area contributed by atoms with Crippen molar-refractivity contribution in [3.8, 4) is 0 Å². The number of carbonyl (C=O) groups excluding carboxylic acids is 2. The molecule has 0 aromatic carbocycles. The Bertz CT molecular complexity index is 582. The lowest BCUT2D eigenvalue weighted by Crippen LogP contribution is -2.39. The molecule has 1 saturated carbocycles. The Balaban J connectivity index is 1.57. The van der Waals surface area contributed by atoms with E-state index in [4.69, 9.17) is 5.73 Å². The van der Waals surface area contributed by atoms with Crippen molar-refractivity contribution in [2.24, 2.45) is 11.7 Å². The zero-order valence-corrected chi connectivity index (χ0v) is 12.7. The predicted octanol–water partition coefficient (Wildman–Crippen LogP) is 1.13. The lowest BCUT2D eigenvalue weighted by molar-refractivity contribution is -0.122. The predicted molar refractivity (Wildman–Crippen MR) is 81.1 cm³/mol. The molecule has 2 aliphatic carbocycles. The molecule has 22 heavy (non-hydrogen) atoms. The van der Waals surface area contributed by atoms with E-state index in [-0.39, 0.29) is 17.8 Å². The molecule has 0 aliphatic heterocycles. The first-order chi connectivity index (χ1) is 10.6. The third-order valence-electron chi connectivity index (χ3n) is 4.68. The van der Waals surface area contributed by atoms with Gasteiger partial charge in [0.1, 0.15) is 0 Å². The summed E-state index contributed by atoms with van der Waals surface area (Å²) in [6.45, 7) is 0. The molecule has 0 bridgehead atoms. The minimum absolute atomic E-state index is 0.0717. The van der Waals surface area contributed by atoms with E-state index in [2.05, 4.69) is 15.3 Å². The van der Waals surface area contributed by atoms with Crippen LogP contribution in [0.15, 0.2) is 6.20 Å². The van der Waals surface area contributed by atoms with Gasteiger partial charge in [-0.1, -0.05) is 12.8 Å². The molecule has 118 valence electrons. The molecule has 2 amide bonds. The summed E-state index contributed by atoms with van der Waals surface area (Å²) < 4.78 is 0. The quantitative estimate of drug-likeness (QED) is 0.871. The van der Waals surface area contributed by atoms with Gasteiger partial charge in [0.2, 0.25) is 11.7 Å². The number of nitrogens with one attached hydrogen (secondary N) is 1. The molecule has 3 N–H and O–H groups in total. The highest BCUT2D eigenvalue weighted by Crippen LogP contribution is 2.27. The van der Waals surface area contributed by atoms with Crippen molar-refractivity contribution in [1.29, 1.82) is 0 Å². The Labute approximate surface area is 129 Å². The first-order valence-corrected chi connectivity index (χ1v) is 8.06. The third-order valence-corrected chi connectivity index (χ3v) is 4.68. The summed E-state index contributed by atoms with van der Waals surface area (Å²) in [4.78, 5) is 31.4. The summed E-state index contributed by atoms with van der Waals surface area (Å²) in [5.74, 6) is 0.199. The second-order valence-corrected chi connectivity index (χ2v) is 6.39. The van der Waals surface area contributed by atoms with Gasteiger partial charge in [0.25, 0.3) is 5.91 Å². The lowest BCUT2D eigenvalue weighted by Gasteiger charge is -2.25. The number of aromatic nitrogens is 2. The topological polar surface area (TPSA) is 98.0 Å². The first kappa shape index (κ1) is 14.9. The largest absolute Gasteiger partial charge is 0.363 e. The molecule has 0 spiro atoms. The molecule has 1 unspecified atom stereocenters. The van der Waals surface area contributed by atoms with Gasteiger partial charge in [0, 0.05) is 24.4 Å². The normalized spacial score (nSPS) is 21.4. The zero-order valence-electron chi connectivity index (χ0n) is 12.7. The maximum Gasteiger partial charge on any atom is 0.286 e. The van der Waals surface area contributed by atoms with Crippen LogP contribution in [-0.2, 0) is 17.6 Å². The second kappa shape index (κ2) is 6.42. The molecule has 1 atom stereocenters. The van der Waals surface area contributed by atoms with Crippen LogP contribution in [0.4, 0.5) is 0 Å². The molecule has 0 radical (unpaired) electrons. The number of carbonyl (C=O) groups is 2. The Morgan fingerprint density at radius 2 is 2.05 bits per heavy atom. The van der Waals surface area contributed by atoms with Gasteiger partial charge < -0.3 is 11.1 Å². The van der Waals surface area contributed by atoms with Crippen molar-refractivity contribution in [2.45, 2.75) is 57.4 Å². The summed E-state index contributed by atoms with van der Waals surface area (Å²) in [6.07, 6.45) is 9.52. The number of nitrogens with zero attached hydrogens (tertiary/aromatic N) is 2. The molecular formula is C16H22N4O2. The number of amides is 2. The summed E-state index contributed by atoms with van der Waals surface area (Å²) in [6, 6.07) is 0.143. The van der Waals surface area contributed by atoms with E-state index in [1.165, 1.54) is 25.7 Å². The molecule has 6 nitrogen and oxygen atoms in total. The van der Waals surface area contributed by atoms with Gasteiger partial charge >= 0.3 is 0 Å². The van der Waals surface area contributed by atoms with Crippen LogP contribution in [0.2, 0.25) is 0 Å². The Hall–Kier alpha value is -1.98. The van der Waals surface area contributed by atoms with Gasteiger partial charge in [-0.15, -0.1) is 0 Å². The Morgan fingerprint density at radius 3 is 2.77 bits per heavy atom. The SMILES string of the molecule is NC(=O)c1ncc2c(n1)CCC(NC(=O)CC1CCCC1)C2. The monoisotopic (exact) mass is 302 g/mol. The standard InChI is InChI=1S/C16H22N4O2/c17-15(22)16-18-9-11-8-12(5-6-13(11)20-16)19-14(21)7-10-3-1-2-4-10/h9-10,12H,1-8H2,(H2,17,22)(H,19,21). The van der Waals surface area contributed by atoms with E-state index in [1.54, 1.807) is 6.20 Å². The average molecular weight is 302 g/mol. The molecule has 3 rings (SSSR count). The Morgan fingerprint density at radius 1 is 1.27 bits per heavy atom. The first-order valence-electron chi connectivity index (χ1n) is 8.06. The zero-order chi connectivity index (χ0) is 15.5. The van der Waals surface area contributed by atoms with Crippen LogP contribution in [0.3, 0.4) is 0 Å². The number of nitrogens with two attached hydrogens (primary N) is 1. The van der Waals surface area contributed by atoms with Gasteiger partial charge in [-0.2, -0.15) is 0 Å². The maximum absolute atomic E-state index is 12.1. The fourth-order valence-electron chi connectivity index (χ4n) is 3.51. The fraction of sp³-hybridized carbons (Fsp3) is 0.625. The highest BCUT2D eigenvalue weighted by atomic mass is 16.2. The summed E-state index contributed by atoms with van der Waals surface area (Å²) in [5.41, 5.74) is 7.08. The molecule has 1 heterocycles. The molecule has 1 fully saturated rings. The average Bonchev–Trinajstić information content (AvgIpc) is 2.99. The second-order valence-electron chi connectivity index (χ2n) is 6.39. The van der Waals surface area contributed by atoms with Gasteiger partial charge in [0.15, 0.2) is 0 Å². The molecule has 0 saturated heterocycles. The molecule has 2 aliphatic rings. The highest BCUT2D eigenvalue weighted by molar-refractivity contribution is 5.88. The fourth-order valence-corrected chi connectivity index (χ4v) is 3.51. The van der Waals surface area contributed by atoms with Crippen molar-refractivity contribution in [2.75, 3.05) is 0 Å². The van der Waals surface area contributed by atoms with Crippen LogP contribution in [0, 0.1) is 5.92 Å². The van der Waals surface area contributed by atoms with Crippen molar-refractivity contribution >= 4 is 11.8 Å². The van der Waals surface area contributed by atoms with Crippen molar-refractivity contribution < 1.29 is 9.59 Å². The van der Waals surface area contributed by atoms with Gasteiger partial charge in [-0.3, -0.25) is 9.59 Å². The van der Waals surface area contributed by atoms with Crippen molar-refractivity contribution in [3.63, 3.8) is 0 Å². The van der Waals surface area contributed by atoms with Crippen LogP contribution < -0.4 is 11.1 Å². The van der Waals surface area contributed by atoms with Crippen molar-refractivity contribution in [1.82, 2.24) is 15.3 Å². The summed E-state index contributed by atoms with van der Waals surface area (Å²) in [5, 5.41) is 3.14. The smallest absolute Gasteiger partial charge is 0.286 e. The highest BCUT2D eigenvalue weighted by Gasteiger charge is 2.24. The van der Waals surface area contributed by atoms with Crippen LogP contribution in [0.25, 0.3) is 0 Å². The minimum atomic E-state index is -0.602. The Kier molecular flexibility index (Phi) is 4.36. The minimum Gasteiger partial charge on any atom is -0.363 e. The van der Waals surface area contributed by atoms with Crippen LogP contribution in [-0.4, -0.2) is 27.8 Å². The lowest BCUT2D eigenvalue weighted by atomic mass is 9.92. The number of rotatable bonds is 4. The molecule has 1 aromatic rings. The maximum atomic E-state index is 12.1. The van der Waals surface area contributed by atoms with E-state index >= 15 is 0 Å². The number of fused-ring (bicyclic) bond motifs is 1. The van der Waals surface area contributed by atoms with E-state index in [0.717, 1.165) is 30.5 Å². The number of aryl methyl sites for hydroxylation is 1. The molecule has 6 heteroatoms. The third kappa shape index (κ3) is 3.43. The van der Waals surface area contributed by atoms with Gasteiger partial charge in [0.05, 0.1) is 0 Å². The molecular weight excluding hydrogens is 280 g/mol. The van der Waals surface area contributed by atoms with Gasteiger partial charge in [-0.25, -0.2) is 9.97 Å². The van der Waals surface area contributed by atoms with E-state index < -0.39 is 5.91 Å². The summed E-state index contributed by atoms with van der Waals surface area (Å²) in [7, 11) is 0. The summed E-state index contributed by atoms with van der Waals surface area (Å²) >= 11 is 0. The number of primary amides is 1. The van der Waals surface area contributed by atoms with Crippen LogP contribution >= 0.6 is 0 Å². The number of hydrogen-bond acceptors (Lipinski definition) is 4. The van der Waals surface area contributed by atoms with Crippen molar-refractivity contribution in [3.05, 3.63) is 23.3 Å².